The van der Waals surface area contributed by atoms with E-state index in [1.54, 1.807) is 6.07 Å². The van der Waals surface area contributed by atoms with Gasteiger partial charge in [-0.2, -0.15) is 0 Å². The summed E-state index contributed by atoms with van der Waals surface area (Å²) in [5.74, 6) is -0.668. The first-order valence-corrected chi connectivity index (χ1v) is 5.12. The third-order valence-corrected chi connectivity index (χ3v) is 3.55. The molecule has 1 saturated heterocycles. The number of hydrogen-bond acceptors (Lipinski definition) is 2. The summed E-state index contributed by atoms with van der Waals surface area (Å²) in [6.07, 6.45) is 0. The molecule has 2 fully saturated rings. The lowest BCUT2D eigenvalue weighted by Crippen LogP contribution is -2.25. The minimum atomic E-state index is -0.798. The Morgan fingerprint density at radius 3 is 2.67 bits per heavy atom. The first-order valence-electron chi connectivity index (χ1n) is 5.12. The Labute approximate surface area is 86.5 Å². The molecule has 1 aliphatic carbocycles. The Bertz CT molecular complexity index is 408. The Hall–Kier alpha value is -1.00. The van der Waals surface area contributed by atoms with Crippen LogP contribution in [0.2, 0.25) is 0 Å². The van der Waals surface area contributed by atoms with Gasteiger partial charge in [0.1, 0.15) is 0 Å². The molecule has 0 spiro atoms. The molecule has 4 heteroatoms. The fourth-order valence-electron chi connectivity index (χ4n) is 2.61. The molecule has 4 atom stereocenters. The van der Waals surface area contributed by atoms with Crippen molar-refractivity contribution < 1.29 is 8.78 Å². The zero-order valence-electron chi connectivity index (χ0n) is 8.08. The SMILES string of the molecule is NC1C2CNC(c3ccc(F)c(F)c3)C12. The van der Waals surface area contributed by atoms with Crippen LogP contribution in [0.1, 0.15) is 11.6 Å². The van der Waals surface area contributed by atoms with Crippen LogP contribution in [-0.2, 0) is 0 Å². The number of rotatable bonds is 1. The topological polar surface area (TPSA) is 38.0 Å². The Kier molecular flexibility index (Phi) is 1.85. The molecular weight excluding hydrogens is 198 g/mol. The summed E-state index contributed by atoms with van der Waals surface area (Å²) in [5.41, 5.74) is 6.66. The second-order valence-corrected chi connectivity index (χ2v) is 4.38. The van der Waals surface area contributed by atoms with Gasteiger partial charge in [-0.3, -0.25) is 0 Å². The Morgan fingerprint density at radius 1 is 1.27 bits per heavy atom. The first kappa shape index (κ1) is 9.24. The van der Waals surface area contributed by atoms with Crippen molar-refractivity contribution in [2.45, 2.75) is 12.1 Å². The van der Waals surface area contributed by atoms with Gasteiger partial charge in [0.25, 0.3) is 0 Å². The van der Waals surface area contributed by atoms with Crippen LogP contribution in [0.4, 0.5) is 8.78 Å². The molecule has 4 unspecified atom stereocenters. The molecule has 0 radical (unpaired) electrons. The zero-order valence-corrected chi connectivity index (χ0v) is 8.08. The maximum absolute atomic E-state index is 13.0. The van der Waals surface area contributed by atoms with Gasteiger partial charge in [0, 0.05) is 18.6 Å². The summed E-state index contributed by atoms with van der Waals surface area (Å²) in [7, 11) is 0. The first-order chi connectivity index (χ1) is 7.18. The molecule has 0 bridgehead atoms. The van der Waals surface area contributed by atoms with Crippen molar-refractivity contribution in [3.05, 3.63) is 35.4 Å². The molecule has 2 nitrogen and oxygen atoms in total. The number of benzene rings is 1. The molecule has 0 amide bonds. The van der Waals surface area contributed by atoms with Crippen molar-refractivity contribution in [1.29, 1.82) is 0 Å². The van der Waals surface area contributed by atoms with Crippen molar-refractivity contribution in [3.8, 4) is 0 Å². The number of nitrogens with one attached hydrogen (secondary N) is 1. The summed E-state index contributed by atoms with van der Waals surface area (Å²) in [4.78, 5) is 0. The summed E-state index contributed by atoms with van der Waals surface area (Å²) in [6.45, 7) is 0.884. The van der Waals surface area contributed by atoms with Crippen molar-refractivity contribution in [2.75, 3.05) is 6.54 Å². The van der Waals surface area contributed by atoms with Crippen LogP contribution in [-0.4, -0.2) is 12.6 Å². The van der Waals surface area contributed by atoms with Crippen LogP contribution in [0.25, 0.3) is 0 Å². The van der Waals surface area contributed by atoms with Crippen LogP contribution in [0.3, 0.4) is 0 Å². The van der Waals surface area contributed by atoms with Crippen LogP contribution in [0, 0.1) is 23.5 Å². The van der Waals surface area contributed by atoms with Crippen LogP contribution < -0.4 is 11.1 Å². The number of fused-ring (bicyclic) bond motifs is 1. The van der Waals surface area contributed by atoms with Crippen LogP contribution >= 0.6 is 0 Å². The predicted molar refractivity (Wildman–Crippen MR) is 52.1 cm³/mol. The molecule has 2 aliphatic rings. The molecule has 1 aliphatic heterocycles. The van der Waals surface area contributed by atoms with E-state index >= 15 is 0 Å². The summed E-state index contributed by atoms with van der Waals surface area (Å²) >= 11 is 0. The molecular formula is C11H12F2N2. The molecule has 1 aromatic rings. The minimum absolute atomic E-state index is 0.0973. The van der Waals surface area contributed by atoms with E-state index in [0.717, 1.165) is 12.1 Å². The van der Waals surface area contributed by atoms with E-state index in [-0.39, 0.29) is 12.1 Å². The van der Waals surface area contributed by atoms with E-state index in [1.807, 2.05) is 0 Å². The lowest BCUT2D eigenvalue weighted by Gasteiger charge is -2.15. The highest BCUT2D eigenvalue weighted by molar-refractivity contribution is 5.28. The van der Waals surface area contributed by atoms with E-state index in [1.165, 1.54) is 12.1 Å². The van der Waals surface area contributed by atoms with Gasteiger partial charge in [-0.1, -0.05) is 6.07 Å². The average Bonchev–Trinajstić information content (AvgIpc) is 2.69. The van der Waals surface area contributed by atoms with Gasteiger partial charge < -0.3 is 11.1 Å². The van der Waals surface area contributed by atoms with Gasteiger partial charge in [-0.05, 0) is 29.5 Å². The van der Waals surface area contributed by atoms with Gasteiger partial charge in [-0.25, -0.2) is 8.78 Å². The fourth-order valence-corrected chi connectivity index (χ4v) is 2.61. The van der Waals surface area contributed by atoms with Gasteiger partial charge >= 0.3 is 0 Å². The fraction of sp³-hybridized carbons (Fsp3) is 0.455. The minimum Gasteiger partial charge on any atom is -0.327 e. The van der Waals surface area contributed by atoms with Gasteiger partial charge in [0.2, 0.25) is 0 Å². The highest BCUT2D eigenvalue weighted by Gasteiger charge is 2.56. The maximum atomic E-state index is 13.0. The molecule has 1 heterocycles. The second kappa shape index (κ2) is 3.00. The third kappa shape index (κ3) is 1.28. The van der Waals surface area contributed by atoms with Crippen molar-refractivity contribution in [2.24, 2.45) is 17.6 Å². The summed E-state index contributed by atoms with van der Waals surface area (Å²) < 4.78 is 25.8. The molecule has 80 valence electrons. The molecule has 15 heavy (non-hydrogen) atoms. The third-order valence-electron chi connectivity index (χ3n) is 3.55. The molecule has 0 aromatic heterocycles. The number of nitrogens with two attached hydrogens (primary N) is 1. The number of hydrogen-bond donors (Lipinski definition) is 2. The molecule has 1 aromatic carbocycles. The van der Waals surface area contributed by atoms with Crippen LogP contribution in [0.15, 0.2) is 18.2 Å². The van der Waals surface area contributed by atoms with E-state index < -0.39 is 11.6 Å². The maximum Gasteiger partial charge on any atom is 0.159 e. The van der Waals surface area contributed by atoms with Crippen LogP contribution in [0.5, 0.6) is 0 Å². The van der Waals surface area contributed by atoms with Gasteiger partial charge in [0.05, 0.1) is 0 Å². The molecule has 1 saturated carbocycles. The summed E-state index contributed by atoms with van der Waals surface area (Å²) in [5, 5.41) is 3.28. The lowest BCUT2D eigenvalue weighted by atomic mass is 10.0. The second-order valence-electron chi connectivity index (χ2n) is 4.38. The zero-order chi connectivity index (χ0) is 10.6. The summed E-state index contributed by atoms with van der Waals surface area (Å²) in [6, 6.07) is 4.39. The monoisotopic (exact) mass is 210 g/mol. The Morgan fingerprint density at radius 2 is 2.07 bits per heavy atom. The van der Waals surface area contributed by atoms with Crippen molar-refractivity contribution in [3.63, 3.8) is 0 Å². The number of halogens is 2. The average molecular weight is 210 g/mol. The lowest BCUT2D eigenvalue weighted by molar-refractivity contribution is 0.494. The van der Waals surface area contributed by atoms with E-state index in [9.17, 15) is 8.78 Å². The predicted octanol–water partition coefficient (Wildman–Crippen LogP) is 1.18. The van der Waals surface area contributed by atoms with E-state index in [2.05, 4.69) is 5.32 Å². The van der Waals surface area contributed by atoms with Gasteiger partial charge in [-0.15, -0.1) is 0 Å². The quantitative estimate of drug-likeness (QED) is 0.730. The number of piperidine rings is 1. The Balaban J connectivity index is 1.90. The largest absolute Gasteiger partial charge is 0.327 e. The molecule has 3 rings (SSSR count). The highest BCUT2D eigenvalue weighted by atomic mass is 19.2. The standard InChI is InChI=1S/C11H12F2N2/c12-7-2-1-5(3-8(7)13)11-9-6(4-15-11)10(9)14/h1-3,6,9-11,15H,4,14H2. The van der Waals surface area contributed by atoms with E-state index in [4.69, 9.17) is 5.73 Å². The van der Waals surface area contributed by atoms with Crippen molar-refractivity contribution in [1.82, 2.24) is 5.32 Å². The van der Waals surface area contributed by atoms with Gasteiger partial charge in [0.15, 0.2) is 11.6 Å². The normalized spacial score (nSPS) is 37.8. The molecule has 3 N–H and O–H groups in total. The van der Waals surface area contributed by atoms with Crippen molar-refractivity contribution >= 4 is 0 Å². The highest BCUT2D eigenvalue weighted by Crippen LogP contribution is 2.50. The van der Waals surface area contributed by atoms with E-state index in [0.29, 0.717) is 11.8 Å². The smallest absolute Gasteiger partial charge is 0.159 e.